The van der Waals surface area contributed by atoms with Crippen LogP contribution < -0.4 is 5.32 Å². The maximum atomic E-state index is 12.5. The number of amides is 1. The van der Waals surface area contributed by atoms with Crippen molar-refractivity contribution in [1.29, 1.82) is 0 Å². The minimum atomic E-state index is -0.552. The molecule has 1 aliphatic heterocycles. The Labute approximate surface area is 123 Å². The first-order valence-corrected chi connectivity index (χ1v) is 7.20. The van der Waals surface area contributed by atoms with Gasteiger partial charge in [-0.15, -0.1) is 0 Å². The van der Waals surface area contributed by atoms with Gasteiger partial charge in [-0.1, -0.05) is 13.8 Å². The van der Waals surface area contributed by atoms with Gasteiger partial charge in [0.15, 0.2) is 0 Å². The molecule has 1 fully saturated rings. The molecular weight excluding hydrogens is 272 g/mol. The Morgan fingerprint density at radius 1 is 1.62 bits per heavy atom. The van der Waals surface area contributed by atoms with Crippen molar-refractivity contribution in [2.24, 2.45) is 5.92 Å². The third kappa shape index (κ3) is 3.48. The number of nitrogens with one attached hydrogen (secondary N) is 1. The molecule has 114 valence electrons. The van der Waals surface area contributed by atoms with Gasteiger partial charge in [-0.25, -0.2) is 4.98 Å². The molecule has 2 rings (SSSR count). The molecule has 1 aliphatic rings. The van der Waals surface area contributed by atoms with Gasteiger partial charge in [0.2, 0.25) is 0 Å². The third-order valence-electron chi connectivity index (χ3n) is 3.58. The van der Waals surface area contributed by atoms with E-state index in [0.717, 1.165) is 19.0 Å². The number of likely N-dealkylation sites (tertiary alicyclic amines) is 1. The number of aromatic nitrogens is 1. The second-order valence-corrected chi connectivity index (χ2v) is 5.42. The van der Waals surface area contributed by atoms with Crippen LogP contribution in [-0.2, 0) is 0 Å². The topological polar surface area (TPSA) is 88.4 Å². The second-order valence-electron chi connectivity index (χ2n) is 5.42. The lowest BCUT2D eigenvalue weighted by Gasteiger charge is -2.16. The van der Waals surface area contributed by atoms with Crippen LogP contribution >= 0.6 is 0 Å². The molecule has 1 unspecified atom stereocenters. The lowest BCUT2D eigenvalue weighted by molar-refractivity contribution is -0.385. The van der Waals surface area contributed by atoms with Crippen molar-refractivity contribution in [3.8, 4) is 0 Å². The van der Waals surface area contributed by atoms with Gasteiger partial charge in [-0.05, 0) is 18.8 Å². The summed E-state index contributed by atoms with van der Waals surface area (Å²) in [5.41, 5.74) is -0.121. The molecule has 1 saturated heterocycles. The van der Waals surface area contributed by atoms with Crippen molar-refractivity contribution in [2.75, 3.05) is 25.0 Å². The largest absolute Gasteiger partial charge is 0.370 e. The molecular formula is C14H20N4O3. The number of anilines is 1. The zero-order chi connectivity index (χ0) is 15.4. The lowest BCUT2D eigenvalue weighted by Crippen LogP contribution is -2.29. The van der Waals surface area contributed by atoms with E-state index in [1.165, 1.54) is 6.07 Å². The summed E-state index contributed by atoms with van der Waals surface area (Å²) in [5.74, 6) is 0.651. The number of rotatable bonds is 5. The van der Waals surface area contributed by atoms with Gasteiger partial charge in [0.1, 0.15) is 17.6 Å². The zero-order valence-electron chi connectivity index (χ0n) is 12.3. The zero-order valence-corrected chi connectivity index (χ0v) is 12.3. The Kier molecular flexibility index (Phi) is 4.72. The molecule has 0 saturated carbocycles. The summed E-state index contributed by atoms with van der Waals surface area (Å²) in [7, 11) is 0. The summed E-state index contributed by atoms with van der Waals surface area (Å²) in [6.07, 6.45) is 3.00. The predicted molar refractivity (Wildman–Crippen MR) is 79.4 cm³/mol. The Morgan fingerprint density at radius 2 is 2.38 bits per heavy atom. The monoisotopic (exact) mass is 292 g/mol. The second kappa shape index (κ2) is 6.51. The average molecular weight is 292 g/mol. The molecule has 0 spiro atoms. The predicted octanol–water partition coefficient (Wildman–Crippen LogP) is 2.29. The molecule has 21 heavy (non-hydrogen) atoms. The summed E-state index contributed by atoms with van der Waals surface area (Å²) in [5, 5.41) is 14.2. The maximum Gasteiger partial charge on any atom is 0.300 e. The Morgan fingerprint density at radius 3 is 2.95 bits per heavy atom. The van der Waals surface area contributed by atoms with E-state index in [4.69, 9.17) is 0 Å². The summed E-state index contributed by atoms with van der Waals surface area (Å²) < 4.78 is 0. The highest BCUT2D eigenvalue weighted by Gasteiger charge is 2.29. The van der Waals surface area contributed by atoms with E-state index in [-0.39, 0.29) is 17.2 Å². The highest BCUT2D eigenvalue weighted by atomic mass is 16.6. The first-order valence-electron chi connectivity index (χ1n) is 7.20. The molecule has 0 radical (unpaired) electrons. The van der Waals surface area contributed by atoms with E-state index >= 15 is 0 Å². The number of hydrogen-bond donors (Lipinski definition) is 1. The van der Waals surface area contributed by atoms with Crippen molar-refractivity contribution in [3.05, 3.63) is 27.9 Å². The summed E-state index contributed by atoms with van der Waals surface area (Å²) in [6.45, 7) is 6.09. The first kappa shape index (κ1) is 15.2. The number of nitrogens with zero attached hydrogens (tertiary/aromatic N) is 3. The van der Waals surface area contributed by atoms with Gasteiger partial charge < -0.3 is 10.2 Å². The van der Waals surface area contributed by atoms with Gasteiger partial charge in [0, 0.05) is 25.7 Å². The van der Waals surface area contributed by atoms with Gasteiger partial charge in [0.25, 0.3) is 11.6 Å². The molecule has 1 aromatic rings. The van der Waals surface area contributed by atoms with Crippen molar-refractivity contribution in [1.82, 2.24) is 9.88 Å². The van der Waals surface area contributed by atoms with Crippen LogP contribution in [0.25, 0.3) is 0 Å². The highest BCUT2D eigenvalue weighted by molar-refractivity contribution is 5.98. The van der Waals surface area contributed by atoms with Crippen molar-refractivity contribution < 1.29 is 9.72 Å². The normalized spacial score (nSPS) is 17.8. The number of carbonyl (C=O) groups is 1. The fourth-order valence-corrected chi connectivity index (χ4v) is 2.40. The highest BCUT2D eigenvalue weighted by Crippen LogP contribution is 2.25. The quantitative estimate of drug-likeness (QED) is 0.664. The Bertz CT molecular complexity index is 547. The smallest absolute Gasteiger partial charge is 0.300 e. The molecule has 0 aromatic carbocycles. The van der Waals surface area contributed by atoms with E-state index in [1.54, 1.807) is 4.90 Å². The lowest BCUT2D eigenvalue weighted by atomic mass is 10.1. The summed E-state index contributed by atoms with van der Waals surface area (Å²) in [4.78, 5) is 28.7. The fourth-order valence-electron chi connectivity index (χ4n) is 2.40. The van der Waals surface area contributed by atoms with Crippen LogP contribution in [0.4, 0.5) is 11.5 Å². The Hall–Kier alpha value is -2.18. The Balaban J connectivity index is 2.29. The summed E-state index contributed by atoms with van der Waals surface area (Å²) >= 11 is 0. The van der Waals surface area contributed by atoms with E-state index in [9.17, 15) is 14.9 Å². The van der Waals surface area contributed by atoms with Crippen LogP contribution in [0, 0.1) is 16.0 Å². The number of carbonyl (C=O) groups excluding carboxylic acids is 1. The van der Waals surface area contributed by atoms with E-state index in [0.29, 0.717) is 31.4 Å². The van der Waals surface area contributed by atoms with Crippen molar-refractivity contribution >= 4 is 17.4 Å². The molecule has 0 bridgehead atoms. The first-order chi connectivity index (χ1) is 10.0. The standard InChI is InChI=1S/C14H20N4O3/c1-3-5-15-13-7-11(12(8-16-13)18(20)21)14(19)17-6-4-10(2)9-17/h7-8,10H,3-6,9H2,1-2H3,(H,15,16). The number of nitro groups is 1. The van der Waals surface area contributed by atoms with Crippen LogP contribution in [0.1, 0.15) is 37.0 Å². The van der Waals surface area contributed by atoms with Crippen LogP contribution in [0.5, 0.6) is 0 Å². The molecule has 1 amide bonds. The molecule has 1 N–H and O–H groups in total. The van der Waals surface area contributed by atoms with Gasteiger partial charge in [0.05, 0.1) is 4.92 Å². The SMILES string of the molecule is CCCNc1cc(C(=O)N2CCC(C)C2)c([N+](=O)[O-])cn1. The van der Waals surface area contributed by atoms with E-state index < -0.39 is 4.92 Å². The molecule has 1 aromatic heterocycles. The number of pyridine rings is 1. The van der Waals surface area contributed by atoms with Gasteiger partial charge in [-0.2, -0.15) is 0 Å². The molecule has 2 heterocycles. The van der Waals surface area contributed by atoms with Gasteiger partial charge in [-0.3, -0.25) is 14.9 Å². The minimum Gasteiger partial charge on any atom is -0.370 e. The molecule has 7 nitrogen and oxygen atoms in total. The number of hydrogen-bond acceptors (Lipinski definition) is 5. The maximum absolute atomic E-state index is 12.5. The summed E-state index contributed by atoms with van der Waals surface area (Å²) in [6, 6.07) is 1.49. The molecule has 7 heteroatoms. The molecule has 1 atom stereocenters. The third-order valence-corrected chi connectivity index (χ3v) is 3.58. The van der Waals surface area contributed by atoms with Crippen LogP contribution in [0.2, 0.25) is 0 Å². The van der Waals surface area contributed by atoms with Crippen LogP contribution in [0.15, 0.2) is 12.3 Å². The van der Waals surface area contributed by atoms with Gasteiger partial charge >= 0.3 is 0 Å². The minimum absolute atomic E-state index is 0.114. The average Bonchev–Trinajstić information content (AvgIpc) is 2.90. The van der Waals surface area contributed by atoms with Crippen molar-refractivity contribution in [2.45, 2.75) is 26.7 Å². The van der Waals surface area contributed by atoms with Crippen molar-refractivity contribution in [3.63, 3.8) is 0 Å². The van der Waals surface area contributed by atoms with Crippen LogP contribution in [0.3, 0.4) is 0 Å². The molecule has 0 aliphatic carbocycles. The van der Waals surface area contributed by atoms with E-state index in [2.05, 4.69) is 17.2 Å². The fraction of sp³-hybridized carbons (Fsp3) is 0.571. The van der Waals surface area contributed by atoms with E-state index in [1.807, 2.05) is 6.92 Å². The van der Waals surface area contributed by atoms with Crippen LogP contribution in [-0.4, -0.2) is 40.3 Å².